The van der Waals surface area contributed by atoms with E-state index in [2.05, 4.69) is 32.1 Å². The van der Waals surface area contributed by atoms with Gasteiger partial charge in [-0.1, -0.05) is 70.8 Å². The molecule has 1 aromatic heterocycles. The summed E-state index contributed by atoms with van der Waals surface area (Å²) in [5, 5.41) is 0. The second-order valence-electron chi connectivity index (χ2n) is 4.32. The number of rotatable bonds is 4. The Morgan fingerprint density at radius 2 is 1.74 bits per heavy atom. The molecule has 0 amide bonds. The molecule has 1 aromatic rings. The van der Waals surface area contributed by atoms with Crippen LogP contribution >= 0.6 is 34.5 Å². The molecule has 1 rings (SSSR count). The molecule has 102 valence electrons. The Hall–Kier alpha value is -0.760. The van der Waals surface area contributed by atoms with Crippen LogP contribution in [-0.4, -0.2) is 0 Å². The van der Waals surface area contributed by atoms with Crippen molar-refractivity contribution in [3.05, 3.63) is 61.3 Å². The Kier molecular flexibility index (Phi) is 6.64. The van der Waals surface area contributed by atoms with Gasteiger partial charge in [-0.25, -0.2) is 0 Å². The van der Waals surface area contributed by atoms with E-state index in [4.69, 9.17) is 23.2 Å². The summed E-state index contributed by atoms with van der Waals surface area (Å²) >= 11 is 13.6. The zero-order valence-corrected chi connectivity index (χ0v) is 14.0. The Balaban J connectivity index is 2.81. The van der Waals surface area contributed by atoms with Crippen LogP contribution in [0.1, 0.15) is 31.9 Å². The van der Waals surface area contributed by atoms with Crippen molar-refractivity contribution in [2.75, 3.05) is 0 Å². The highest BCUT2D eigenvalue weighted by Gasteiger charge is 2.08. The Bertz CT molecular complexity index is 558. The summed E-state index contributed by atoms with van der Waals surface area (Å²) in [6, 6.07) is 0. The molecule has 19 heavy (non-hydrogen) atoms. The van der Waals surface area contributed by atoms with Gasteiger partial charge in [0.15, 0.2) is 0 Å². The Morgan fingerprint density at radius 1 is 1.05 bits per heavy atom. The van der Waals surface area contributed by atoms with E-state index >= 15 is 0 Å². The second-order valence-corrected chi connectivity index (χ2v) is 6.55. The maximum Gasteiger partial charge on any atom is 0.102 e. The van der Waals surface area contributed by atoms with E-state index in [1.807, 2.05) is 32.1 Å². The van der Waals surface area contributed by atoms with Gasteiger partial charge in [-0.3, -0.25) is 0 Å². The van der Waals surface area contributed by atoms with Gasteiger partial charge in [-0.2, -0.15) is 0 Å². The summed E-state index contributed by atoms with van der Waals surface area (Å²) in [6.07, 6.45) is 12.3. The molecule has 0 nitrogen and oxygen atoms in total. The average Bonchev–Trinajstić information content (AvgIpc) is 2.61. The van der Waals surface area contributed by atoms with Crippen molar-refractivity contribution < 1.29 is 0 Å². The van der Waals surface area contributed by atoms with Crippen molar-refractivity contribution >= 4 is 40.6 Å². The molecule has 0 aromatic carbocycles. The van der Waals surface area contributed by atoms with Crippen LogP contribution in [0.15, 0.2) is 41.5 Å². The third-order valence-electron chi connectivity index (χ3n) is 2.78. The van der Waals surface area contributed by atoms with E-state index in [0.717, 1.165) is 25.4 Å². The first-order valence-corrected chi connectivity index (χ1v) is 7.63. The van der Waals surface area contributed by atoms with E-state index in [9.17, 15) is 0 Å². The highest BCUT2D eigenvalue weighted by Crippen LogP contribution is 2.36. The van der Waals surface area contributed by atoms with E-state index in [1.54, 1.807) is 0 Å². The summed E-state index contributed by atoms with van der Waals surface area (Å²) in [7, 11) is 0. The largest absolute Gasteiger partial charge is 0.111 e. The summed E-state index contributed by atoms with van der Waals surface area (Å²) < 4.78 is 1.50. The zero-order chi connectivity index (χ0) is 14.4. The molecule has 0 atom stereocenters. The summed E-state index contributed by atoms with van der Waals surface area (Å²) in [5.74, 6) is 0. The van der Waals surface area contributed by atoms with Gasteiger partial charge in [0.05, 0.1) is 4.34 Å². The first-order valence-electron chi connectivity index (χ1n) is 6.06. The van der Waals surface area contributed by atoms with Gasteiger partial charge in [0.25, 0.3) is 0 Å². The van der Waals surface area contributed by atoms with Crippen molar-refractivity contribution in [1.29, 1.82) is 0 Å². The van der Waals surface area contributed by atoms with E-state index in [1.165, 1.54) is 16.9 Å². The molecule has 0 bridgehead atoms. The zero-order valence-electron chi connectivity index (χ0n) is 11.6. The highest BCUT2D eigenvalue weighted by atomic mass is 35.5. The number of thiophene rings is 1. The minimum absolute atomic E-state index is 0.742. The molecule has 0 unspecified atom stereocenters. The number of allylic oxidation sites excluding steroid dienone is 7. The Labute approximate surface area is 129 Å². The molecule has 0 fully saturated rings. The van der Waals surface area contributed by atoms with Gasteiger partial charge in [-0.15, -0.1) is 11.3 Å². The predicted molar refractivity (Wildman–Crippen MR) is 90.4 cm³/mol. The highest BCUT2D eigenvalue weighted by molar-refractivity contribution is 7.20. The van der Waals surface area contributed by atoms with Crippen LogP contribution in [0.5, 0.6) is 0 Å². The fourth-order valence-corrected chi connectivity index (χ4v) is 3.01. The van der Waals surface area contributed by atoms with Gasteiger partial charge in [0, 0.05) is 5.56 Å². The first kappa shape index (κ1) is 16.3. The summed E-state index contributed by atoms with van der Waals surface area (Å²) in [5.41, 5.74) is 4.47. The van der Waals surface area contributed by atoms with Crippen molar-refractivity contribution in [2.45, 2.75) is 27.7 Å². The SMILES string of the molecule is CC=C(C)C=CC=C(C)C=Cc1c(Cl)sc(Cl)c1C. The van der Waals surface area contributed by atoms with Gasteiger partial charge >= 0.3 is 0 Å². The molecule has 0 saturated carbocycles. The van der Waals surface area contributed by atoms with Crippen LogP contribution in [0.25, 0.3) is 6.08 Å². The molecule has 3 heteroatoms. The molecule has 0 aliphatic carbocycles. The van der Waals surface area contributed by atoms with Crippen molar-refractivity contribution in [3.63, 3.8) is 0 Å². The maximum absolute atomic E-state index is 6.14. The van der Waals surface area contributed by atoms with Crippen molar-refractivity contribution in [3.8, 4) is 0 Å². The lowest BCUT2D eigenvalue weighted by molar-refractivity contribution is 1.46. The maximum atomic E-state index is 6.14. The molecule has 1 heterocycles. The lowest BCUT2D eigenvalue weighted by Gasteiger charge is -1.94. The van der Waals surface area contributed by atoms with Gasteiger partial charge < -0.3 is 0 Å². The van der Waals surface area contributed by atoms with Gasteiger partial charge in [-0.05, 0) is 33.3 Å². The normalized spacial score (nSPS) is 14.0. The van der Waals surface area contributed by atoms with Gasteiger partial charge in [0.1, 0.15) is 4.34 Å². The van der Waals surface area contributed by atoms with Crippen LogP contribution in [0.3, 0.4) is 0 Å². The smallest absolute Gasteiger partial charge is 0.102 e. The second kappa shape index (κ2) is 7.74. The lowest BCUT2D eigenvalue weighted by atomic mass is 10.1. The molecule has 0 aliphatic rings. The first-order chi connectivity index (χ1) is 8.95. The third kappa shape index (κ3) is 5.02. The molecule has 0 spiro atoms. The average molecular weight is 313 g/mol. The van der Waals surface area contributed by atoms with Crippen LogP contribution in [0, 0.1) is 6.92 Å². The molecule has 0 saturated heterocycles. The van der Waals surface area contributed by atoms with Crippen LogP contribution in [0.2, 0.25) is 8.67 Å². The van der Waals surface area contributed by atoms with Crippen LogP contribution < -0.4 is 0 Å². The minimum atomic E-state index is 0.742. The number of halogens is 2. The van der Waals surface area contributed by atoms with E-state index in [-0.39, 0.29) is 0 Å². The van der Waals surface area contributed by atoms with E-state index in [0.29, 0.717) is 0 Å². The van der Waals surface area contributed by atoms with Crippen LogP contribution in [0.4, 0.5) is 0 Å². The lowest BCUT2D eigenvalue weighted by Crippen LogP contribution is -1.74. The molecular formula is C16H18Cl2S. The standard InChI is InChI=1S/C16H18Cl2S/c1-5-11(2)7-6-8-12(3)9-10-14-13(4)15(17)19-16(14)18/h5-10H,1-4H3. The minimum Gasteiger partial charge on any atom is -0.111 e. The van der Waals surface area contributed by atoms with Crippen LogP contribution in [-0.2, 0) is 0 Å². The number of hydrogen-bond acceptors (Lipinski definition) is 1. The monoisotopic (exact) mass is 312 g/mol. The summed E-state index contributed by atoms with van der Waals surface area (Å²) in [6.45, 7) is 8.15. The topological polar surface area (TPSA) is 0 Å². The Morgan fingerprint density at radius 3 is 2.26 bits per heavy atom. The van der Waals surface area contributed by atoms with E-state index < -0.39 is 0 Å². The van der Waals surface area contributed by atoms with Gasteiger partial charge in [0.2, 0.25) is 0 Å². The predicted octanol–water partition coefficient (Wildman–Crippen LogP) is 6.85. The molecular weight excluding hydrogens is 295 g/mol. The molecule has 0 N–H and O–H groups in total. The molecule has 0 aliphatic heterocycles. The quantitative estimate of drug-likeness (QED) is 0.533. The van der Waals surface area contributed by atoms with Crippen molar-refractivity contribution in [2.24, 2.45) is 0 Å². The van der Waals surface area contributed by atoms with Crippen molar-refractivity contribution in [1.82, 2.24) is 0 Å². The third-order valence-corrected chi connectivity index (χ3v) is 4.61. The number of hydrogen-bond donors (Lipinski definition) is 0. The fraction of sp³-hybridized carbons (Fsp3) is 0.250. The molecule has 0 radical (unpaired) electrons. The fourth-order valence-electron chi connectivity index (χ4n) is 1.37. The summed E-state index contributed by atoms with van der Waals surface area (Å²) in [4.78, 5) is 0.